The Hall–Kier alpha value is -2.41. The number of carboxylic acids is 1. The number of carbonyl (C=O) groups is 2. The number of carboxylic acid groups (broad SMARTS) is 1. The van der Waals surface area contributed by atoms with E-state index in [1.165, 1.54) is 12.1 Å². The number of unbranched alkanes of at least 4 members (excludes halogenated alkanes) is 1. The van der Waals surface area contributed by atoms with Crippen LogP contribution >= 0.6 is 0 Å². The van der Waals surface area contributed by atoms with E-state index in [0.29, 0.717) is 44.3 Å². The number of ether oxygens (including phenoxy) is 2. The second-order valence-electron chi connectivity index (χ2n) is 5.39. The summed E-state index contributed by atoms with van der Waals surface area (Å²) in [6.07, 6.45) is 1.10. The molecule has 24 heavy (non-hydrogen) atoms. The molecule has 1 aromatic carbocycles. The van der Waals surface area contributed by atoms with E-state index < -0.39 is 12.1 Å². The van der Waals surface area contributed by atoms with Gasteiger partial charge < -0.3 is 19.5 Å². The van der Waals surface area contributed by atoms with Gasteiger partial charge in [-0.1, -0.05) is 25.5 Å². The molecule has 1 N–H and O–H groups in total. The molecule has 1 fully saturated rings. The van der Waals surface area contributed by atoms with Crippen molar-refractivity contribution >= 4 is 17.9 Å². The molecule has 130 valence electrons. The predicted molar refractivity (Wildman–Crippen MR) is 88.6 cm³/mol. The number of aliphatic imine (C=N–C) groups is 1. The van der Waals surface area contributed by atoms with Gasteiger partial charge in [0.05, 0.1) is 25.4 Å². The zero-order chi connectivity index (χ0) is 17.4. The normalized spacial score (nSPS) is 15.2. The van der Waals surface area contributed by atoms with Gasteiger partial charge in [-0.05, 0) is 18.6 Å². The lowest BCUT2D eigenvalue weighted by atomic mass is 10.1. The van der Waals surface area contributed by atoms with Crippen LogP contribution < -0.4 is 0 Å². The van der Waals surface area contributed by atoms with Crippen LogP contribution in [0.1, 0.15) is 35.7 Å². The van der Waals surface area contributed by atoms with Crippen LogP contribution in [0.5, 0.6) is 0 Å². The maximum atomic E-state index is 12.0. The summed E-state index contributed by atoms with van der Waals surface area (Å²) in [4.78, 5) is 29.0. The largest absolute Gasteiger partial charge is 0.478 e. The molecule has 1 aliphatic heterocycles. The first-order chi connectivity index (χ1) is 11.6. The van der Waals surface area contributed by atoms with Gasteiger partial charge in [-0.2, -0.15) is 4.99 Å². The molecule has 2 rings (SSSR count). The monoisotopic (exact) mass is 334 g/mol. The number of benzene rings is 1. The van der Waals surface area contributed by atoms with Gasteiger partial charge >= 0.3 is 12.1 Å². The number of amidine groups is 1. The maximum absolute atomic E-state index is 12.0. The lowest BCUT2D eigenvalue weighted by molar-refractivity contribution is 0.0680. The molecule has 0 aromatic heterocycles. The Balaban J connectivity index is 2.21. The van der Waals surface area contributed by atoms with Crippen molar-refractivity contribution in [1.82, 2.24) is 4.90 Å². The molecule has 1 amide bonds. The number of rotatable bonds is 5. The van der Waals surface area contributed by atoms with Crippen LogP contribution in [-0.4, -0.2) is 60.8 Å². The van der Waals surface area contributed by atoms with Crippen molar-refractivity contribution in [2.24, 2.45) is 4.99 Å². The fraction of sp³-hybridized carbons (Fsp3) is 0.471. The van der Waals surface area contributed by atoms with Gasteiger partial charge in [0.1, 0.15) is 5.84 Å². The van der Waals surface area contributed by atoms with Crippen LogP contribution in [0, 0.1) is 0 Å². The highest BCUT2D eigenvalue weighted by molar-refractivity contribution is 6.04. The van der Waals surface area contributed by atoms with Gasteiger partial charge in [-0.25, -0.2) is 9.59 Å². The van der Waals surface area contributed by atoms with Crippen LogP contribution in [0.3, 0.4) is 0 Å². The summed E-state index contributed by atoms with van der Waals surface area (Å²) in [5, 5.41) is 9.00. The Morgan fingerprint density at radius 3 is 2.42 bits per heavy atom. The van der Waals surface area contributed by atoms with Crippen LogP contribution in [0.4, 0.5) is 4.79 Å². The molecule has 1 aliphatic rings. The third kappa shape index (κ3) is 5.06. The third-order valence-corrected chi connectivity index (χ3v) is 3.62. The molecular weight excluding hydrogens is 312 g/mol. The minimum Gasteiger partial charge on any atom is -0.478 e. The first-order valence-electron chi connectivity index (χ1n) is 8.03. The van der Waals surface area contributed by atoms with Crippen molar-refractivity contribution in [3.63, 3.8) is 0 Å². The highest BCUT2D eigenvalue weighted by Gasteiger charge is 2.19. The predicted octanol–water partition coefficient (Wildman–Crippen LogP) is 2.40. The molecule has 1 heterocycles. The molecule has 1 aromatic rings. The Kier molecular flexibility index (Phi) is 6.74. The standard InChI is InChI=1S/C17H22N2O5/c1-2-3-10-24-17(22)18-15(19-8-11-23-12-9-19)13-4-6-14(7-5-13)16(20)21/h4-7H,2-3,8-12H2,1H3,(H,20,21). The summed E-state index contributed by atoms with van der Waals surface area (Å²) in [5.74, 6) is -0.512. The number of carbonyl (C=O) groups excluding carboxylic acids is 1. The van der Waals surface area contributed by atoms with Gasteiger partial charge in [0, 0.05) is 18.7 Å². The molecular formula is C17H22N2O5. The molecule has 0 radical (unpaired) electrons. The molecule has 0 spiro atoms. The van der Waals surface area contributed by atoms with Gasteiger partial charge in [-0.3, -0.25) is 0 Å². The van der Waals surface area contributed by atoms with Crippen LogP contribution in [0.25, 0.3) is 0 Å². The highest BCUT2D eigenvalue weighted by atomic mass is 16.5. The zero-order valence-electron chi connectivity index (χ0n) is 13.7. The van der Waals surface area contributed by atoms with E-state index in [2.05, 4.69) is 4.99 Å². The van der Waals surface area contributed by atoms with Gasteiger partial charge in [0.2, 0.25) is 0 Å². The number of nitrogens with zero attached hydrogens (tertiary/aromatic N) is 2. The van der Waals surface area contributed by atoms with E-state index in [1.807, 2.05) is 11.8 Å². The van der Waals surface area contributed by atoms with E-state index in [0.717, 1.165) is 12.8 Å². The summed E-state index contributed by atoms with van der Waals surface area (Å²) in [5.41, 5.74) is 0.861. The highest BCUT2D eigenvalue weighted by Crippen LogP contribution is 2.12. The van der Waals surface area contributed by atoms with Crippen LogP contribution in [-0.2, 0) is 9.47 Å². The number of aromatic carboxylic acids is 1. The second-order valence-corrected chi connectivity index (χ2v) is 5.39. The smallest absolute Gasteiger partial charge is 0.435 e. The van der Waals surface area contributed by atoms with E-state index >= 15 is 0 Å². The average Bonchev–Trinajstić information content (AvgIpc) is 2.61. The average molecular weight is 334 g/mol. The summed E-state index contributed by atoms with van der Waals surface area (Å²) in [7, 11) is 0. The van der Waals surface area contributed by atoms with Gasteiger partial charge in [0.15, 0.2) is 0 Å². The Labute approximate surface area is 140 Å². The van der Waals surface area contributed by atoms with Crippen molar-refractivity contribution in [3.8, 4) is 0 Å². The lowest BCUT2D eigenvalue weighted by Crippen LogP contribution is -2.41. The molecule has 7 heteroatoms. The number of hydrogen-bond acceptors (Lipinski definition) is 4. The first-order valence-corrected chi connectivity index (χ1v) is 8.03. The van der Waals surface area contributed by atoms with E-state index in [4.69, 9.17) is 14.6 Å². The molecule has 0 saturated carbocycles. The fourth-order valence-corrected chi connectivity index (χ4v) is 2.28. The van der Waals surface area contributed by atoms with Crippen LogP contribution in [0.15, 0.2) is 29.3 Å². The van der Waals surface area contributed by atoms with Crippen molar-refractivity contribution in [2.45, 2.75) is 19.8 Å². The van der Waals surface area contributed by atoms with Crippen molar-refractivity contribution in [1.29, 1.82) is 0 Å². The Morgan fingerprint density at radius 2 is 1.83 bits per heavy atom. The minimum atomic E-state index is -0.995. The second kappa shape index (κ2) is 9.02. The molecule has 0 aliphatic carbocycles. The van der Waals surface area contributed by atoms with Crippen molar-refractivity contribution in [2.75, 3.05) is 32.9 Å². The van der Waals surface area contributed by atoms with Crippen LogP contribution in [0.2, 0.25) is 0 Å². The lowest BCUT2D eigenvalue weighted by Gasteiger charge is -2.29. The van der Waals surface area contributed by atoms with Crippen molar-refractivity contribution < 1.29 is 24.2 Å². The third-order valence-electron chi connectivity index (χ3n) is 3.62. The van der Waals surface area contributed by atoms with Gasteiger partial charge in [0.25, 0.3) is 0 Å². The number of amides is 1. The zero-order valence-corrected chi connectivity index (χ0v) is 13.7. The molecule has 0 unspecified atom stereocenters. The summed E-state index contributed by atoms with van der Waals surface area (Å²) < 4.78 is 10.4. The first kappa shape index (κ1) is 17.9. The van der Waals surface area contributed by atoms with E-state index in [-0.39, 0.29) is 5.56 Å². The number of hydrogen-bond donors (Lipinski definition) is 1. The minimum absolute atomic E-state index is 0.186. The summed E-state index contributed by atoms with van der Waals surface area (Å²) in [6, 6.07) is 6.29. The van der Waals surface area contributed by atoms with E-state index in [1.54, 1.807) is 12.1 Å². The van der Waals surface area contributed by atoms with Gasteiger partial charge in [-0.15, -0.1) is 0 Å². The molecule has 1 saturated heterocycles. The fourth-order valence-electron chi connectivity index (χ4n) is 2.28. The quantitative estimate of drug-likeness (QED) is 0.505. The maximum Gasteiger partial charge on any atom is 0.435 e. The summed E-state index contributed by atoms with van der Waals surface area (Å²) in [6.45, 7) is 4.69. The Bertz CT molecular complexity index is 592. The molecule has 0 atom stereocenters. The topological polar surface area (TPSA) is 88.4 Å². The van der Waals surface area contributed by atoms with E-state index in [9.17, 15) is 9.59 Å². The Morgan fingerprint density at radius 1 is 1.21 bits per heavy atom. The summed E-state index contributed by atoms with van der Waals surface area (Å²) >= 11 is 0. The SMILES string of the molecule is CCCCOC(=O)N=C(c1ccc(C(=O)O)cc1)N1CCOCC1. The van der Waals surface area contributed by atoms with Crippen molar-refractivity contribution in [3.05, 3.63) is 35.4 Å². The number of morpholine rings is 1. The molecule has 7 nitrogen and oxygen atoms in total. The molecule has 0 bridgehead atoms.